The highest BCUT2D eigenvalue weighted by Gasteiger charge is 2.54. The fourth-order valence-electron chi connectivity index (χ4n) is 5.35. The van der Waals surface area contributed by atoms with Crippen molar-refractivity contribution in [2.45, 2.75) is 35.4 Å². The number of carbonyl (C=O) groups is 1. The molecule has 1 aliphatic rings. The number of benzene rings is 4. The smallest absolute Gasteiger partial charge is 0.252 e. The lowest BCUT2D eigenvalue weighted by Crippen LogP contribution is -2.53. The van der Waals surface area contributed by atoms with Crippen LogP contribution in [-0.4, -0.2) is 79.3 Å². The van der Waals surface area contributed by atoms with E-state index in [2.05, 4.69) is 5.32 Å². The number of aliphatic imine (C=N–C) groups is 1. The van der Waals surface area contributed by atoms with Gasteiger partial charge >= 0.3 is 0 Å². The second-order valence-corrected chi connectivity index (χ2v) is 13.3. The lowest BCUT2D eigenvalue weighted by Gasteiger charge is -2.32. The molecule has 11 heteroatoms. The molecular formula is C36H38N2O8S. The molecule has 4 aromatic rings. The number of amides is 1. The molecule has 0 aromatic heterocycles. The van der Waals surface area contributed by atoms with Crippen molar-refractivity contribution < 1.29 is 38.0 Å². The minimum Gasteiger partial charge on any atom is -0.494 e. The van der Waals surface area contributed by atoms with E-state index in [4.69, 9.17) is 19.6 Å². The van der Waals surface area contributed by atoms with Gasteiger partial charge in [0.2, 0.25) is 5.90 Å². The summed E-state index contributed by atoms with van der Waals surface area (Å²) in [5.74, 6) is -0.421. The SMILES string of the molecule is O=C(NC(CO)CO)[C@]1(CCS(=O)(=O)c2ccccc2)N=C(c2ccc(OCCCO)cc2)O[C@@H]1c1ccc(-c2ccccc2)cc1. The van der Waals surface area contributed by atoms with E-state index >= 15 is 0 Å². The largest absolute Gasteiger partial charge is 0.494 e. The van der Waals surface area contributed by atoms with Crippen LogP contribution in [0.4, 0.5) is 0 Å². The molecule has 0 unspecified atom stereocenters. The van der Waals surface area contributed by atoms with E-state index in [0.717, 1.165) is 11.1 Å². The Kier molecular flexibility index (Phi) is 11.0. The number of aliphatic hydroxyl groups is 3. The molecule has 0 radical (unpaired) electrons. The van der Waals surface area contributed by atoms with Crippen LogP contribution in [0.5, 0.6) is 5.75 Å². The van der Waals surface area contributed by atoms with Crippen molar-refractivity contribution in [2.75, 3.05) is 32.2 Å². The van der Waals surface area contributed by atoms with Gasteiger partial charge in [0.1, 0.15) is 5.75 Å². The zero-order valence-electron chi connectivity index (χ0n) is 25.7. The number of hydrogen-bond acceptors (Lipinski definition) is 9. The van der Waals surface area contributed by atoms with Gasteiger partial charge in [-0.25, -0.2) is 13.4 Å². The molecule has 2 atom stereocenters. The van der Waals surface area contributed by atoms with Gasteiger partial charge in [-0.05, 0) is 53.1 Å². The molecule has 10 nitrogen and oxygen atoms in total. The highest BCUT2D eigenvalue weighted by molar-refractivity contribution is 7.91. The fourth-order valence-corrected chi connectivity index (χ4v) is 6.73. The first-order valence-electron chi connectivity index (χ1n) is 15.4. The second-order valence-electron chi connectivity index (χ2n) is 11.2. The Balaban J connectivity index is 1.57. The number of nitrogens with zero attached hydrogens (tertiary/aromatic N) is 1. The minimum atomic E-state index is -3.84. The van der Waals surface area contributed by atoms with Gasteiger partial charge in [0.15, 0.2) is 21.5 Å². The van der Waals surface area contributed by atoms with Crippen LogP contribution < -0.4 is 10.1 Å². The molecule has 5 rings (SSSR count). The Labute approximate surface area is 274 Å². The summed E-state index contributed by atoms with van der Waals surface area (Å²) in [6, 6.07) is 31.1. The Morgan fingerprint density at radius 3 is 2.04 bits per heavy atom. The first kappa shape index (κ1) is 33.8. The number of aliphatic hydroxyl groups excluding tert-OH is 3. The van der Waals surface area contributed by atoms with Crippen LogP contribution in [-0.2, 0) is 19.4 Å². The predicted octanol–water partition coefficient (Wildman–Crippen LogP) is 3.71. The zero-order valence-corrected chi connectivity index (χ0v) is 26.6. The van der Waals surface area contributed by atoms with E-state index < -0.39 is 52.4 Å². The summed E-state index contributed by atoms with van der Waals surface area (Å²) >= 11 is 0. The van der Waals surface area contributed by atoms with Crippen molar-refractivity contribution in [3.63, 3.8) is 0 Å². The van der Waals surface area contributed by atoms with Crippen LogP contribution in [0.25, 0.3) is 11.1 Å². The Hall–Kier alpha value is -4.55. The zero-order chi connectivity index (χ0) is 33.3. The van der Waals surface area contributed by atoms with E-state index in [0.29, 0.717) is 29.9 Å². The molecule has 0 saturated carbocycles. The number of nitrogens with one attached hydrogen (secondary N) is 1. The monoisotopic (exact) mass is 658 g/mol. The van der Waals surface area contributed by atoms with Crippen molar-refractivity contribution in [1.82, 2.24) is 5.32 Å². The quantitative estimate of drug-likeness (QED) is 0.141. The number of hydrogen-bond donors (Lipinski definition) is 4. The van der Waals surface area contributed by atoms with Gasteiger partial charge in [-0.15, -0.1) is 0 Å². The topological polar surface area (TPSA) is 155 Å². The second kappa shape index (κ2) is 15.4. The highest BCUT2D eigenvalue weighted by atomic mass is 32.2. The number of sulfone groups is 1. The normalized spacial score (nSPS) is 17.6. The van der Waals surface area contributed by atoms with Crippen LogP contribution >= 0.6 is 0 Å². The Morgan fingerprint density at radius 1 is 0.830 bits per heavy atom. The lowest BCUT2D eigenvalue weighted by molar-refractivity contribution is -0.130. The molecule has 0 saturated heterocycles. The summed E-state index contributed by atoms with van der Waals surface area (Å²) in [4.78, 5) is 19.2. The lowest BCUT2D eigenvalue weighted by atomic mass is 9.84. The molecule has 0 aliphatic carbocycles. The van der Waals surface area contributed by atoms with Gasteiger partial charge in [-0.1, -0.05) is 72.8 Å². The fraction of sp³-hybridized carbons (Fsp3) is 0.278. The van der Waals surface area contributed by atoms with Gasteiger partial charge in [-0.2, -0.15) is 0 Å². The average Bonchev–Trinajstić information content (AvgIpc) is 3.52. The summed E-state index contributed by atoms with van der Waals surface area (Å²) < 4.78 is 39.1. The maximum atomic E-state index is 14.2. The van der Waals surface area contributed by atoms with Gasteiger partial charge in [-0.3, -0.25) is 4.79 Å². The minimum absolute atomic E-state index is 0.00794. The molecule has 4 N–H and O–H groups in total. The van der Waals surface area contributed by atoms with E-state index in [1.165, 1.54) is 12.1 Å². The van der Waals surface area contributed by atoms with Crippen LogP contribution in [0.15, 0.2) is 119 Å². The first-order valence-corrected chi connectivity index (χ1v) is 17.0. The molecule has 0 bridgehead atoms. The summed E-state index contributed by atoms with van der Waals surface area (Å²) in [6.07, 6.45) is -0.822. The standard InChI is InChI=1S/C36H38N2O8S/c39-21-7-22-45-31-18-16-29(17-19-31)34-38-36(35(42)37-30(24-40)25-41,20-23-47(43,44)32-10-5-2-6-11-32)33(46-34)28-14-12-27(13-15-28)26-8-3-1-4-9-26/h1-6,8-19,30,33,39-41H,7,20-25H2,(H,37,42)/t33-,36-/m1/s1. The highest BCUT2D eigenvalue weighted by Crippen LogP contribution is 2.43. The van der Waals surface area contributed by atoms with Crippen molar-refractivity contribution in [3.05, 3.63) is 120 Å². The molecule has 1 heterocycles. The maximum absolute atomic E-state index is 14.2. The summed E-state index contributed by atoms with van der Waals surface area (Å²) in [5.41, 5.74) is 1.27. The number of carbonyl (C=O) groups excluding carboxylic acids is 1. The van der Waals surface area contributed by atoms with Crippen molar-refractivity contribution in [2.24, 2.45) is 4.99 Å². The third-order valence-corrected chi connectivity index (χ3v) is 9.71. The van der Waals surface area contributed by atoms with E-state index in [9.17, 15) is 23.4 Å². The molecule has 0 spiro atoms. The summed E-state index contributed by atoms with van der Waals surface area (Å²) in [6.45, 7) is -0.725. The first-order chi connectivity index (χ1) is 22.8. The van der Waals surface area contributed by atoms with E-state index in [-0.39, 0.29) is 23.8 Å². The van der Waals surface area contributed by atoms with Crippen LogP contribution in [0.1, 0.15) is 30.1 Å². The number of ether oxygens (including phenoxy) is 2. The van der Waals surface area contributed by atoms with E-state index in [1.54, 1.807) is 42.5 Å². The molecule has 4 aromatic carbocycles. The maximum Gasteiger partial charge on any atom is 0.252 e. The van der Waals surface area contributed by atoms with E-state index in [1.807, 2.05) is 54.6 Å². The number of rotatable bonds is 15. The Bertz CT molecular complexity index is 1740. The van der Waals surface area contributed by atoms with Crippen LogP contribution in [0.2, 0.25) is 0 Å². The molecule has 1 aliphatic heterocycles. The van der Waals surface area contributed by atoms with Crippen molar-refractivity contribution >= 4 is 21.6 Å². The molecule has 246 valence electrons. The third-order valence-electron chi connectivity index (χ3n) is 7.98. The van der Waals surface area contributed by atoms with Gasteiger partial charge in [0.25, 0.3) is 5.91 Å². The molecule has 0 fully saturated rings. The average molecular weight is 659 g/mol. The summed E-state index contributed by atoms with van der Waals surface area (Å²) in [5, 5.41) is 31.3. The van der Waals surface area contributed by atoms with Crippen LogP contribution in [0.3, 0.4) is 0 Å². The Morgan fingerprint density at radius 2 is 1.43 bits per heavy atom. The summed E-state index contributed by atoms with van der Waals surface area (Å²) in [7, 11) is -3.84. The third kappa shape index (κ3) is 7.88. The van der Waals surface area contributed by atoms with Gasteiger partial charge in [0, 0.05) is 25.0 Å². The van der Waals surface area contributed by atoms with Crippen LogP contribution in [0, 0.1) is 0 Å². The van der Waals surface area contributed by atoms with Gasteiger partial charge < -0.3 is 30.1 Å². The molecular weight excluding hydrogens is 620 g/mol. The van der Waals surface area contributed by atoms with Crippen molar-refractivity contribution in [1.29, 1.82) is 0 Å². The molecule has 47 heavy (non-hydrogen) atoms. The van der Waals surface area contributed by atoms with Gasteiger partial charge in [0.05, 0.1) is 36.5 Å². The van der Waals surface area contributed by atoms with Crippen molar-refractivity contribution in [3.8, 4) is 16.9 Å². The molecule has 1 amide bonds. The predicted molar refractivity (Wildman–Crippen MR) is 178 cm³/mol.